The van der Waals surface area contributed by atoms with Gasteiger partial charge >= 0.3 is 0 Å². The first-order valence-electron chi connectivity index (χ1n) is 7.34. The van der Waals surface area contributed by atoms with Crippen molar-refractivity contribution in [3.63, 3.8) is 0 Å². The molecule has 0 atom stereocenters. The van der Waals surface area contributed by atoms with Crippen LogP contribution in [0.3, 0.4) is 0 Å². The van der Waals surface area contributed by atoms with Crippen LogP contribution in [-0.4, -0.2) is 17.7 Å². The predicted octanol–water partition coefficient (Wildman–Crippen LogP) is 2.11. The third-order valence-electron chi connectivity index (χ3n) is 3.45. The molecule has 1 aliphatic rings. The molecule has 0 unspecified atom stereocenters. The van der Waals surface area contributed by atoms with Gasteiger partial charge in [-0.2, -0.15) is 0 Å². The quantitative estimate of drug-likeness (QED) is 0.671. The average Bonchev–Trinajstić information content (AvgIpc) is 2.85. The van der Waals surface area contributed by atoms with E-state index in [1.807, 2.05) is 6.07 Å². The number of anilines is 2. The maximum Gasteiger partial charge on any atom is 0.282 e. The average molecular weight is 321 g/mol. The highest BCUT2D eigenvalue weighted by Gasteiger charge is 2.34. The summed E-state index contributed by atoms with van der Waals surface area (Å²) in [5.41, 5.74) is 4.55. The standard InChI is InChI=1S/C18H15N3O3/c1-12(22)19-14-9-7-13(8-10-14)11-16-17(23)20-21(18(16)24)15-5-3-2-4-6-15/h2-11H,1H3,(H,19,22)(H,20,23)/b16-11+. The maximum absolute atomic E-state index is 12.5. The maximum atomic E-state index is 12.5. The van der Waals surface area contributed by atoms with Gasteiger partial charge < -0.3 is 5.32 Å². The summed E-state index contributed by atoms with van der Waals surface area (Å²) in [4.78, 5) is 35.5. The third kappa shape index (κ3) is 3.17. The van der Waals surface area contributed by atoms with Gasteiger partial charge in [-0.05, 0) is 35.9 Å². The smallest absolute Gasteiger partial charge is 0.282 e. The zero-order valence-electron chi connectivity index (χ0n) is 12.9. The molecule has 1 aliphatic heterocycles. The highest BCUT2D eigenvalue weighted by Crippen LogP contribution is 2.21. The molecular weight excluding hydrogens is 306 g/mol. The van der Waals surface area contributed by atoms with Crippen molar-refractivity contribution in [2.75, 3.05) is 10.3 Å². The molecule has 0 aromatic heterocycles. The first kappa shape index (κ1) is 15.5. The Morgan fingerprint density at radius 2 is 1.71 bits per heavy atom. The van der Waals surface area contributed by atoms with Gasteiger partial charge in [0.25, 0.3) is 11.8 Å². The number of hydrogen-bond acceptors (Lipinski definition) is 3. The molecule has 3 amide bonds. The molecule has 2 N–H and O–H groups in total. The lowest BCUT2D eigenvalue weighted by Crippen LogP contribution is -2.35. The molecule has 120 valence electrons. The molecule has 6 nitrogen and oxygen atoms in total. The van der Waals surface area contributed by atoms with Crippen LogP contribution in [0.2, 0.25) is 0 Å². The minimum absolute atomic E-state index is 0.0612. The molecular formula is C18H15N3O3. The number of carbonyl (C=O) groups excluding carboxylic acids is 3. The van der Waals surface area contributed by atoms with Gasteiger partial charge in [0.15, 0.2) is 0 Å². The normalized spacial score (nSPS) is 15.5. The molecule has 24 heavy (non-hydrogen) atoms. The fraction of sp³-hybridized carbons (Fsp3) is 0.0556. The number of hydrogen-bond donors (Lipinski definition) is 2. The number of benzene rings is 2. The third-order valence-corrected chi connectivity index (χ3v) is 3.45. The Kier molecular flexibility index (Phi) is 4.11. The van der Waals surface area contributed by atoms with E-state index in [1.54, 1.807) is 48.5 Å². The highest BCUT2D eigenvalue weighted by molar-refractivity contribution is 6.31. The van der Waals surface area contributed by atoms with E-state index in [9.17, 15) is 14.4 Å². The predicted molar refractivity (Wildman–Crippen MR) is 90.8 cm³/mol. The summed E-state index contributed by atoms with van der Waals surface area (Å²) >= 11 is 0. The molecule has 1 saturated heterocycles. The number of carbonyl (C=O) groups is 3. The number of rotatable bonds is 3. The van der Waals surface area contributed by atoms with Crippen LogP contribution in [-0.2, 0) is 14.4 Å². The number of nitrogens with zero attached hydrogens (tertiary/aromatic N) is 1. The van der Waals surface area contributed by atoms with Crippen LogP contribution in [0.1, 0.15) is 12.5 Å². The van der Waals surface area contributed by atoms with Crippen LogP contribution in [0.25, 0.3) is 6.08 Å². The first-order valence-corrected chi connectivity index (χ1v) is 7.34. The van der Waals surface area contributed by atoms with Crippen molar-refractivity contribution in [1.82, 2.24) is 5.43 Å². The van der Waals surface area contributed by atoms with E-state index < -0.39 is 11.8 Å². The van der Waals surface area contributed by atoms with Crippen LogP contribution in [0.4, 0.5) is 11.4 Å². The lowest BCUT2D eigenvalue weighted by atomic mass is 10.1. The number of nitrogens with one attached hydrogen (secondary N) is 2. The second kappa shape index (κ2) is 6.37. The Labute approximate surface area is 138 Å². The van der Waals surface area contributed by atoms with Crippen LogP contribution >= 0.6 is 0 Å². The molecule has 0 saturated carbocycles. The Morgan fingerprint density at radius 1 is 1.04 bits per heavy atom. The van der Waals surface area contributed by atoms with Crippen molar-refractivity contribution in [3.05, 3.63) is 65.7 Å². The molecule has 3 rings (SSSR count). The van der Waals surface area contributed by atoms with Crippen molar-refractivity contribution in [2.45, 2.75) is 6.92 Å². The van der Waals surface area contributed by atoms with Gasteiger partial charge in [-0.25, -0.2) is 5.01 Å². The molecule has 0 aliphatic carbocycles. The van der Waals surface area contributed by atoms with Gasteiger partial charge in [-0.15, -0.1) is 0 Å². The molecule has 0 spiro atoms. The van der Waals surface area contributed by atoms with Gasteiger partial charge in [0.1, 0.15) is 5.57 Å². The molecule has 2 aromatic carbocycles. The van der Waals surface area contributed by atoms with E-state index in [4.69, 9.17) is 0 Å². The van der Waals surface area contributed by atoms with E-state index in [1.165, 1.54) is 18.0 Å². The minimum atomic E-state index is -0.449. The fourth-order valence-electron chi connectivity index (χ4n) is 2.35. The molecule has 1 heterocycles. The monoisotopic (exact) mass is 321 g/mol. The summed E-state index contributed by atoms with van der Waals surface area (Å²) in [6, 6.07) is 15.8. The summed E-state index contributed by atoms with van der Waals surface area (Å²) in [6.07, 6.45) is 1.53. The van der Waals surface area contributed by atoms with E-state index in [-0.39, 0.29) is 11.5 Å². The number of para-hydroxylation sites is 1. The van der Waals surface area contributed by atoms with Gasteiger partial charge in [-0.3, -0.25) is 19.8 Å². The first-order chi connectivity index (χ1) is 11.5. The molecule has 1 fully saturated rings. The van der Waals surface area contributed by atoms with Gasteiger partial charge in [-0.1, -0.05) is 30.3 Å². The van der Waals surface area contributed by atoms with Gasteiger partial charge in [0, 0.05) is 12.6 Å². The van der Waals surface area contributed by atoms with Crippen molar-refractivity contribution in [1.29, 1.82) is 0 Å². The summed E-state index contributed by atoms with van der Waals surface area (Å²) in [5.74, 6) is -1.02. The number of hydrazine groups is 1. The summed E-state index contributed by atoms with van der Waals surface area (Å²) in [5, 5.41) is 3.88. The van der Waals surface area contributed by atoms with Crippen LogP contribution in [0.15, 0.2) is 60.2 Å². The van der Waals surface area contributed by atoms with E-state index >= 15 is 0 Å². The van der Waals surface area contributed by atoms with Crippen molar-refractivity contribution >= 4 is 35.2 Å². The molecule has 6 heteroatoms. The zero-order valence-corrected chi connectivity index (χ0v) is 12.9. The van der Waals surface area contributed by atoms with Crippen LogP contribution < -0.4 is 15.8 Å². The van der Waals surface area contributed by atoms with Gasteiger partial charge in [0.05, 0.1) is 5.69 Å². The van der Waals surface area contributed by atoms with Crippen molar-refractivity contribution in [3.8, 4) is 0 Å². The largest absolute Gasteiger partial charge is 0.326 e. The van der Waals surface area contributed by atoms with Crippen LogP contribution in [0.5, 0.6) is 0 Å². The topological polar surface area (TPSA) is 78.5 Å². The lowest BCUT2D eigenvalue weighted by Gasteiger charge is -2.13. The highest BCUT2D eigenvalue weighted by atomic mass is 16.2. The molecule has 2 aromatic rings. The van der Waals surface area contributed by atoms with Crippen molar-refractivity contribution < 1.29 is 14.4 Å². The fourth-order valence-corrected chi connectivity index (χ4v) is 2.35. The van der Waals surface area contributed by atoms with E-state index in [0.29, 0.717) is 16.9 Å². The summed E-state index contributed by atoms with van der Waals surface area (Å²) < 4.78 is 0. The van der Waals surface area contributed by atoms with Gasteiger partial charge in [0.2, 0.25) is 5.91 Å². The van der Waals surface area contributed by atoms with Crippen LogP contribution in [0, 0.1) is 0 Å². The second-order valence-corrected chi connectivity index (χ2v) is 5.28. The SMILES string of the molecule is CC(=O)Nc1ccc(/C=C2\C(=O)NN(c3ccccc3)C2=O)cc1. The molecule has 0 radical (unpaired) electrons. The van der Waals surface area contributed by atoms with Crippen molar-refractivity contribution in [2.24, 2.45) is 0 Å². The Bertz CT molecular complexity index is 826. The number of amides is 3. The van der Waals surface area contributed by atoms with E-state index in [0.717, 1.165) is 0 Å². The Morgan fingerprint density at radius 3 is 2.33 bits per heavy atom. The Hall–Kier alpha value is -3.41. The minimum Gasteiger partial charge on any atom is -0.326 e. The zero-order chi connectivity index (χ0) is 17.1. The second-order valence-electron chi connectivity index (χ2n) is 5.28. The summed E-state index contributed by atoms with van der Waals surface area (Å²) in [6.45, 7) is 1.43. The lowest BCUT2D eigenvalue weighted by molar-refractivity contribution is -0.117. The molecule has 0 bridgehead atoms. The van der Waals surface area contributed by atoms with E-state index in [2.05, 4.69) is 10.7 Å². The summed E-state index contributed by atoms with van der Waals surface area (Å²) in [7, 11) is 0. The Balaban J connectivity index is 1.83.